The number of benzene rings is 1. The molecule has 0 saturated carbocycles. The van der Waals surface area contributed by atoms with Crippen LogP contribution in [-0.2, 0) is 11.3 Å². The normalized spacial score (nSPS) is 15.8. The van der Waals surface area contributed by atoms with Gasteiger partial charge in [-0.3, -0.25) is 9.89 Å². The molecular formula is C21H31IN4O3S. The second kappa shape index (κ2) is 13.0. The van der Waals surface area contributed by atoms with Crippen LogP contribution in [0.25, 0.3) is 0 Å². The van der Waals surface area contributed by atoms with Gasteiger partial charge in [-0.2, -0.15) is 0 Å². The highest BCUT2D eigenvalue weighted by Crippen LogP contribution is 2.26. The van der Waals surface area contributed by atoms with Gasteiger partial charge in [0.05, 0.1) is 33.5 Å². The Morgan fingerprint density at radius 1 is 1.20 bits per heavy atom. The van der Waals surface area contributed by atoms with Crippen LogP contribution in [-0.4, -0.2) is 65.0 Å². The van der Waals surface area contributed by atoms with E-state index in [0.717, 1.165) is 55.9 Å². The average Bonchev–Trinajstić information content (AvgIpc) is 3.31. The number of methoxy groups -OCH3 is 2. The van der Waals surface area contributed by atoms with E-state index in [9.17, 15) is 0 Å². The molecule has 1 atom stereocenters. The summed E-state index contributed by atoms with van der Waals surface area (Å²) in [4.78, 5) is 8.21. The molecule has 1 saturated heterocycles. The second-order valence-electron chi connectivity index (χ2n) is 6.66. The molecule has 1 aliphatic heterocycles. The van der Waals surface area contributed by atoms with Crippen LogP contribution in [0.1, 0.15) is 16.5 Å². The summed E-state index contributed by atoms with van der Waals surface area (Å²) in [5, 5.41) is 8.99. The molecule has 0 bridgehead atoms. The van der Waals surface area contributed by atoms with E-state index >= 15 is 0 Å². The number of nitrogens with one attached hydrogen (secondary N) is 2. The van der Waals surface area contributed by atoms with E-state index in [1.807, 2.05) is 18.2 Å². The molecule has 2 aromatic rings. The molecule has 1 unspecified atom stereocenters. The monoisotopic (exact) mass is 546 g/mol. The Labute approximate surface area is 199 Å². The number of nitrogens with zero attached hydrogens (tertiary/aromatic N) is 2. The lowest BCUT2D eigenvalue weighted by Gasteiger charge is -2.34. The van der Waals surface area contributed by atoms with Gasteiger partial charge in [0, 0.05) is 49.7 Å². The smallest absolute Gasteiger partial charge is 0.191 e. The van der Waals surface area contributed by atoms with Gasteiger partial charge in [-0.25, -0.2) is 0 Å². The molecular weight excluding hydrogens is 515 g/mol. The third kappa shape index (κ3) is 6.73. The molecule has 7 nitrogen and oxygen atoms in total. The lowest BCUT2D eigenvalue weighted by molar-refractivity contribution is 0.0177. The summed E-state index contributed by atoms with van der Waals surface area (Å²) >= 11 is 1.79. The fourth-order valence-electron chi connectivity index (χ4n) is 3.37. The van der Waals surface area contributed by atoms with Crippen molar-refractivity contribution in [2.24, 2.45) is 4.99 Å². The first-order valence-electron chi connectivity index (χ1n) is 9.75. The molecule has 0 radical (unpaired) electrons. The minimum atomic E-state index is 0. The quantitative estimate of drug-likeness (QED) is 0.302. The molecule has 2 heterocycles. The molecule has 0 spiro atoms. The Kier molecular flexibility index (Phi) is 10.7. The van der Waals surface area contributed by atoms with Gasteiger partial charge >= 0.3 is 0 Å². The highest BCUT2D eigenvalue weighted by Gasteiger charge is 2.23. The Morgan fingerprint density at radius 2 is 2.00 bits per heavy atom. The number of rotatable bonds is 8. The van der Waals surface area contributed by atoms with Gasteiger partial charge in [0.1, 0.15) is 11.5 Å². The van der Waals surface area contributed by atoms with E-state index in [1.165, 1.54) is 4.88 Å². The van der Waals surface area contributed by atoms with E-state index in [1.54, 1.807) is 32.6 Å². The summed E-state index contributed by atoms with van der Waals surface area (Å²) in [7, 11) is 5.10. The largest absolute Gasteiger partial charge is 0.497 e. The third-order valence-corrected chi connectivity index (χ3v) is 5.96. The van der Waals surface area contributed by atoms with Crippen molar-refractivity contribution in [3.8, 4) is 11.5 Å². The van der Waals surface area contributed by atoms with E-state index in [-0.39, 0.29) is 24.0 Å². The summed E-state index contributed by atoms with van der Waals surface area (Å²) in [6.45, 7) is 4.84. The summed E-state index contributed by atoms with van der Waals surface area (Å²) in [6, 6.07) is 10.4. The molecule has 0 amide bonds. The number of hydrogen-bond donors (Lipinski definition) is 2. The Hall–Kier alpha value is -1.56. The van der Waals surface area contributed by atoms with Crippen molar-refractivity contribution >= 4 is 41.3 Å². The van der Waals surface area contributed by atoms with Crippen LogP contribution >= 0.6 is 35.3 Å². The summed E-state index contributed by atoms with van der Waals surface area (Å²) in [5.74, 6) is 2.33. The fraction of sp³-hybridized carbons (Fsp3) is 0.476. The van der Waals surface area contributed by atoms with Gasteiger partial charge in [-0.1, -0.05) is 6.07 Å². The molecule has 1 aromatic heterocycles. The predicted octanol–water partition coefficient (Wildman–Crippen LogP) is 3.12. The van der Waals surface area contributed by atoms with E-state index in [4.69, 9.17) is 14.2 Å². The maximum Gasteiger partial charge on any atom is 0.191 e. The first kappa shape index (κ1) is 24.7. The minimum Gasteiger partial charge on any atom is -0.497 e. The molecule has 0 aliphatic carbocycles. The second-order valence-corrected chi connectivity index (χ2v) is 7.64. The molecule has 166 valence electrons. The van der Waals surface area contributed by atoms with Crippen LogP contribution in [0.3, 0.4) is 0 Å². The van der Waals surface area contributed by atoms with Crippen molar-refractivity contribution in [2.45, 2.75) is 12.6 Å². The maximum atomic E-state index is 5.52. The number of morpholine rings is 1. The molecule has 1 aliphatic rings. The van der Waals surface area contributed by atoms with Gasteiger partial charge in [0.25, 0.3) is 0 Å². The van der Waals surface area contributed by atoms with Crippen LogP contribution in [0, 0.1) is 0 Å². The SMILES string of the molecule is CN=C(NCc1ccc(OC)cc1OC)NCC(c1cccs1)N1CCOCC1.I. The van der Waals surface area contributed by atoms with Crippen molar-refractivity contribution in [3.05, 3.63) is 46.2 Å². The number of hydrogen-bond acceptors (Lipinski definition) is 6. The lowest BCUT2D eigenvalue weighted by atomic mass is 10.2. The summed E-state index contributed by atoms with van der Waals surface area (Å²) in [5.41, 5.74) is 1.04. The highest BCUT2D eigenvalue weighted by atomic mass is 127. The zero-order chi connectivity index (χ0) is 20.5. The van der Waals surface area contributed by atoms with Crippen LogP contribution in [0.15, 0.2) is 40.7 Å². The van der Waals surface area contributed by atoms with Gasteiger partial charge < -0.3 is 24.8 Å². The van der Waals surface area contributed by atoms with Crippen molar-refractivity contribution < 1.29 is 14.2 Å². The fourth-order valence-corrected chi connectivity index (χ4v) is 4.23. The van der Waals surface area contributed by atoms with Gasteiger partial charge in [-0.15, -0.1) is 35.3 Å². The topological polar surface area (TPSA) is 67.4 Å². The third-order valence-electron chi connectivity index (χ3n) is 4.99. The predicted molar refractivity (Wildman–Crippen MR) is 133 cm³/mol. The zero-order valence-corrected chi connectivity index (χ0v) is 20.9. The standard InChI is InChI=1S/C21H30N4O3S.HI/c1-22-21(23-14-16-6-7-17(26-2)13-19(16)27-3)24-15-18(20-5-4-12-29-20)25-8-10-28-11-9-25;/h4-7,12-13,18H,8-11,14-15H2,1-3H3,(H2,22,23,24);1H. The van der Waals surface area contributed by atoms with Crippen LogP contribution in [0.5, 0.6) is 11.5 Å². The number of halogens is 1. The molecule has 1 aromatic carbocycles. The van der Waals surface area contributed by atoms with Gasteiger partial charge in [0.15, 0.2) is 5.96 Å². The van der Waals surface area contributed by atoms with Gasteiger partial charge in [0.2, 0.25) is 0 Å². The number of ether oxygens (including phenoxy) is 3. The van der Waals surface area contributed by atoms with Crippen molar-refractivity contribution in [2.75, 3.05) is 54.1 Å². The average molecular weight is 546 g/mol. The molecule has 3 rings (SSSR count). The summed E-state index contributed by atoms with van der Waals surface area (Å²) in [6.07, 6.45) is 0. The molecule has 9 heteroatoms. The first-order valence-corrected chi connectivity index (χ1v) is 10.6. The highest BCUT2D eigenvalue weighted by molar-refractivity contribution is 14.0. The van der Waals surface area contributed by atoms with E-state index in [0.29, 0.717) is 12.6 Å². The van der Waals surface area contributed by atoms with Gasteiger partial charge in [-0.05, 0) is 23.6 Å². The lowest BCUT2D eigenvalue weighted by Crippen LogP contribution is -2.46. The van der Waals surface area contributed by atoms with E-state index < -0.39 is 0 Å². The van der Waals surface area contributed by atoms with Crippen LogP contribution < -0.4 is 20.1 Å². The van der Waals surface area contributed by atoms with E-state index in [2.05, 4.69) is 38.0 Å². The van der Waals surface area contributed by atoms with Crippen LogP contribution in [0.2, 0.25) is 0 Å². The summed E-state index contributed by atoms with van der Waals surface area (Å²) < 4.78 is 16.3. The van der Waals surface area contributed by atoms with Crippen molar-refractivity contribution in [1.29, 1.82) is 0 Å². The number of guanidine groups is 1. The first-order chi connectivity index (χ1) is 14.2. The van der Waals surface area contributed by atoms with Crippen molar-refractivity contribution in [1.82, 2.24) is 15.5 Å². The molecule has 1 fully saturated rings. The van der Waals surface area contributed by atoms with Crippen molar-refractivity contribution in [3.63, 3.8) is 0 Å². The molecule has 2 N–H and O–H groups in total. The Morgan fingerprint density at radius 3 is 2.63 bits per heavy atom. The number of thiophene rings is 1. The molecule has 30 heavy (non-hydrogen) atoms. The van der Waals surface area contributed by atoms with Crippen LogP contribution in [0.4, 0.5) is 0 Å². The maximum absolute atomic E-state index is 5.52. The zero-order valence-electron chi connectivity index (χ0n) is 17.7. The number of aliphatic imine (C=N–C) groups is 1. The Bertz CT molecular complexity index is 783. The minimum absolute atomic E-state index is 0. The Balaban J connectivity index is 0.00000320.